The van der Waals surface area contributed by atoms with Gasteiger partial charge in [-0.3, -0.25) is 28.9 Å². The molecule has 0 radical (unpaired) electrons. The zero-order valence-corrected chi connectivity index (χ0v) is 18.1. The number of guanidine groups is 1. The predicted molar refractivity (Wildman–Crippen MR) is 115 cm³/mol. The van der Waals surface area contributed by atoms with Crippen molar-refractivity contribution in [2.24, 2.45) is 22.4 Å². The van der Waals surface area contributed by atoms with Crippen molar-refractivity contribution in [2.75, 3.05) is 26.7 Å². The van der Waals surface area contributed by atoms with Crippen LogP contribution in [-0.4, -0.2) is 64.8 Å². The highest BCUT2D eigenvalue weighted by molar-refractivity contribution is 5.90. The highest BCUT2D eigenvalue weighted by atomic mass is 16.2. The van der Waals surface area contributed by atoms with Crippen LogP contribution in [0.15, 0.2) is 20.8 Å². The first-order chi connectivity index (χ1) is 14.1. The molecule has 0 aliphatic carbocycles. The van der Waals surface area contributed by atoms with Crippen LogP contribution in [-0.2, 0) is 16.1 Å². The summed E-state index contributed by atoms with van der Waals surface area (Å²) < 4.78 is 1.14. The number of hydrogen-bond acceptors (Lipinski definition) is 6. The van der Waals surface area contributed by atoms with E-state index in [0.717, 1.165) is 4.57 Å². The van der Waals surface area contributed by atoms with E-state index in [9.17, 15) is 19.2 Å². The molecule has 0 bridgehead atoms. The van der Waals surface area contributed by atoms with Crippen molar-refractivity contribution in [2.45, 2.75) is 46.2 Å². The van der Waals surface area contributed by atoms with E-state index in [1.54, 1.807) is 27.8 Å². The van der Waals surface area contributed by atoms with E-state index in [1.165, 1.54) is 11.1 Å². The summed E-state index contributed by atoms with van der Waals surface area (Å²) >= 11 is 0. The minimum Gasteiger partial charge on any atom is -0.370 e. The number of carbonyl (C=O) groups excluding carboxylic acids is 2. The number of Topliss-reactive ketones (excluding diaryl/α,β-unsaturated/α-hetero) is 1. The highest BCUT2D eigenvalue weighted by Gasteiger charge is 2.30. The van der Waals surface area contributed by atoms with Gasteiger partial charge in [0, 0.05) is 37.3 Å². The predicted octanol–water partition coefficient (Wildman–Crippen LogP) is -1.46. The van der Waals surface area contributed by atoms with E-state index in [1.807, 2.05) is 0 Å². The summed E-state index contributed by atoms with van der Waals surface area (Å²) in [6.45, 7) is 5.93. The van der Waals surface area contributed by atoms with Crippen LogP contribution in [0.5, 0.6) is 0 Å². The monoisotopic (exact) mass is 423 g/mol. The van der Waals surface area contributed by atoms with Crippen molar-refractivity contribution in [3.05, 3.63) is 32.6 Å². The van der Waals surface area contributed by atoms with Crippen molar-refractivity contribution < 1.29 is 9.59 Å². The Morgan fingerprint density at radius 1 is 1.30 bits per heavy atom. The van der Waals surface area contributed by atoms with Gasteiger partial charge in [-0.1, -0.05) is 13.8 Å². The summed E-state index contributed by atoms with van der Waals surface area (Å²) in [6.07, 6.45) is 2.25. The summed E-state index contributed by atoms with van der Waals surface area (Å²) in [6, 6.07) is -0.667. The van der Waals surface area contributed by atoms with E-state index >= 15 is 0 Å². The molecule has 1 atom stereocenters. The molecule has 0 aromatic carbocycles. The third kappa shape index (κ3) is 7.47. The lowest BCUT2D eigenvalue weighted by molar-refractivity contribution is -0.141. The summed E-state index contributed by atoms with van der Waals surface area (Å²) in [5.74, 6) is -0.771. The van der Waals surface area contributed by atoms with Crippen molar-refractivity contribution >= 4 is 17.6 Å². The average Bonchev–Trinajstić information content (AvgIpc) is 2.66. The zero-order valence-electron chi connectivity index (χ0n) is 18.1. The summed E-state index contributed by atoms with van der Waals surface area (Å²) in [5.41, 5.74) is 9.83. The Hall–Kier alpha value is -2.95. The van der Waals surface area contributed by atoms with Gasteiger partial charge >= 0.3 is 5.69 Å². The number of likely N-dealkylation sites (N-methyl/N-ethyl adjacent to an activating group) is 1. The molecular weight excluding hydrogens is 390 g/mol. The van der Waals surface area contributed by atoms with Crippen LogP contribution in [0.2, 0.25) is 0 Å². The fraction of sp³-hybridized carbons (Fsp3) is 0.632. The number of aryl methyl sites for hydroxylation is 1. The molecule has 30 heavy (non-hydrogen) atoms. The summed E-state index contributed by atoms with van der Waals surface area (Å²) in [5, 5.41) is 2.97. The minimum absolute atomic E-state index is 0.0299. The van der Waals surface area contributed by atoms with Gasteiger partial charge in [-0.05, 0) is 26.8 Å². The molecule has 168 valence electrons. The van der Waals surface area contributed by atoms with Gasteiger partial charge in [0.2, 0.25) is 5.91 Å². The second kappa shape index (κ2) is 11.9. The fourth-order valence-corrected chi connectivity index (χ4v) is 2.99. The molecule has 1 rings (SSSR count). The third-order valence-electron chi connectivity index (χ3n) is 4.62. The lowest BCUT2D eigenvalue weighted by Crippen LogP contribution is -2.50. The van der Waals surface area contributed by atoms with E-state index in [2.05, 4.69) is 15.3 Å². The summed E-state index contributed by atoms with van der Waals surface area (Å²) in [7, 11) is 1.75. The standard InChI is InChI=1S/C19H33N7O4/c1-12(2)16(28)14(6-5-7-23-18(20)21)26(9-8-22-4)15(27)11-25-10-13(3)17(29)24-19(25)30/h10,12,14,22H,5-9,11H2,1-4H3,(H4,20,21,23)(H,24,29,30). The van der Waals surface area contributed by atoms with Crippen LogP contribution in [0.4, 0.5) is 0 Å². The molecule has 1 amide bonds. The van der Waals surface area contributed by atoms with E-state index in [-0.39, 0.29) is 36.7 Å². The number of ketones is 1. The second-order valence-electron chi connectivity index (χ2n) is 7.41. The Morgan fingerprint density at radius 2 is 1.97 bits per heavy atom. The highest BCUT2D eigenvalue weighted by Crippen LogP contribution is 2.15. The molecular formula is C19H33N7O4. The first kappa shape index (κ1) is 25.1. The normalized spacial score (nSPS) is 11.9. The van der Waals surface area contributed by atoms with Crippen molar-refractivity contribution in [3.8, 4) is 0 Å². The molecule has 6 N–H and O–H groups in total. The van der Waals surface area contributed by atoms with Gasteiger partial charge in [0.05, 0.1) is 6.04 Å². The quantitative estimate of drug-likeness (QED) is 0.181. The molecule has 1 aromatic heterocycles. The van der Waals surface area contributed by atoms with Gasteiger partial charge in [-0.2, -0.15) is 0 Å². The van der Waals surface area contributed by atoms with Gasteiger partial charge < -0.3 is 21.7 Å². The first-order valence-electron chi connectivity index (χ1n) is 9.92. The lowest BCUT2D eigenvalue weighted by Gasteiger charge is -2.32. The topological polar surface area (TPSA) is 169 Å². The Kier molecular flexibility index (Phi) is 9.96. The Labute approximate surface area is 175 Å². The number of aliphatic imine (C=N–C) groups is 1. The minimum atomic E-state index is -0.674. The number of amides is 1. The molecule has 1 heterocycles. The number of H-pyrrole nitrogens is 1. The van der Waals surface area contributed by atoms with E-state index in [4.69, 9.17) is 11.5 Å². The van der Waals surface area contributed by atoms with Crippen LogP contribution in [0.1, 0.15) is 32.3 Å². The van der Waals surface area contributed by atoms with Crippen molar-refractivity contribution in [3.63, 3.8) is 0 Å². The SMILES string of the molecule is CNCCN(C(=O)Cn1cc(C)c(=O)[nH]c1=O)C(CCCN=C(N)N)C(=O)C(C)C. The van der Waals surface area contributed by atoms with E-state index in [0.29, 0.717) is 31.5 Å². The number of rotatable bonds is 12. The third-order valence-corrected chi connectivity index (χ3v) is 4.62. The van der Waals surface area contributed by atoms with Gasteiger partial charge in [-0.15, -0.1) is 0 Å². The molecule has 1 unspecified atom stereocenters. The molecule has 0 saturated heterocycles. The van der Waals surface area contributed by atoms with E-state index < -0.39 is 17.3 Å². The smallest absolute Gasteiger partial charge is 0.328 e. The maximum atomic E-state index is 13.1. The number of carbonyl (C=O) groups is 2. The number of nitrogens with zero attached hydrogens (tertiary/aromatic N) is 3. The molecule has 0 aliphatic rings. The fourth-order valence-electron chi connectivity index (χ4n) is 2.99. The van der Waals surface area contributed by atoms with Crippen molar-refractivity contribution in [1.29, 1.82) is 0 Å². The number of hydrogen-bond donors (Lipinski definition) is 4. The van der Waals surface area contributed by atoms with Crippen LogP contribution in [0.25, 0.3) is 0 Å². The number of nitrogens with two attached hydrogens (primary N) is 2. The zero-order chi connectivity index (χ0) is 22.8. The summed E-state index contributed by atoms with van der Waals surface area (Å²) in [4.78, 5) is 57.2. The van der Waals surface area contributed by atoms with Gasteiger partial charge in [0.15, 0.2) is 11.7 Å². The van der Waals surface area contributed by atoms with Crippen molar-refractivity contribution in [1.82, 2.24) is 19.8 Å². The van der Waals surface area contributed by atoms with Gasteiger partial charge in [0.1, 0.15) is 6.54 Å². The number of aromatic amines is 1. The molecule has 0 fully saturated rings. The average molecular weight is 424 g/mol. The molecule has 0 spiro atoms. The second-order valence-corrected chi connectivity index (χ2v) is 7.41. The molecule has 0 aliphatic heterocycles. The maximum Gasteiger partial charge on any atom is 0.328 e. The number of nitrogens with one attached hydrogen (secondary N) is 2. The van der Waals surface area contributed by atoms with Gasteiger partial charge in [-0.25, -0.2) is 4.79 Å². The molecule has 1 aromatic rings. The Balaban J connectivity index is 3.15. The van der Waals surface area contributed by atoms with Crippen LogP contribution in [0, 0.1) is 12.8 Å². The molecule has 11 nitrogen and oxygen atoms in total. The molecule has 0 saturated carbocycles. The largest absolute Gasteiger partial charge is 0.370 e. The maximum absolute atomic E-state index is 13.1. The lowest BCUT2D eigenvalue weighted by atomic mass is 9.96. The van der Waals surface area contributed by atoms with Crippen LogP contribution >= 0.6 is 0 Å². The van der Waals surface area contributed by atoms with Gasteiger partial charge in [0.25, 0.3) is 5.56 Å². The Morgan fingerprint density at radius 3 is 2.53 bits per heavy atom. The Bertz CT molecular complexity index is 868. The van der Waals surface area contributed by atoms with Crippen LogP contribution < -0.4 is 28.0 Å². The van der Waals surface area contributed by atoms with Crippen LogP contribution in [0.3, 0.4) is 0 Å². The number of aromatic nitrogens is 2. The molecule has 11 heteroatoms. The first-order valence-corrected chi connectivity index (χ1v) is 9.92.